The monoisotopic (exact) mass is 370 g/mol. The third-order valence-corrected chi connectivity index (χ3v) is 3.91. The van der Waals surface area contributed by atoms with E-state index in [1.807, 2.05) is 24.3 Å². The van der Waals surface area contributed by atoms with Crippen LogP contribution in [0.1, 0.15) is 22.8 Å². The number of amides is 1. The number of fused-ring (bicyclic) bond motifs is 1. The van der Waals surface area contributed by atoms with Gasteiger partial charge in [0.1, 0.15) is 11.5 Å². The normalized spacial score (nSPS) is 11.6. The van der Waals surface area contributed by atoms with Gasteiger partial charge in [-0.05, 0) is 42.0 Å². The van der Waals surface area contributed by atoms with Crippen molar-refractivity contribution >= 4 is 22.4 Å². The predicted octanol–water partition coefficient (Wildman–Crippen LogP) is 4.30. The maximum Gasteiger partial charge on any atom is 0.387 e. The summed E-state index contributed by atoms with van der Waals surface area (Å²) >= 11 is 0. The number of halogens is 2. The van der Waals surface area contributed by atoms with Gasteiger partial charge in [0.05, 0.1) is 11.3 Å². The number of carbonyl (C=O) groups is 1. The zero-order valence-electron chi connectivity index (χ0n) is 14.3. The van der Waals surface area contributed by atoms with Crippen molar-refractivity contribution in [2.45, 2.75) is 13.5 Å². The van der Waals surface area contributed by atoms with Gasteiger partial charge in [0, 0.05) is 5.56 Å². The van der Waals surface area contributed by atoms with Crippen molar-refractivity contribution in [1.82, 2.24) is 5.43 Å². The first-order chi connectivity index (χ1) is 12.9. The molecular formula is C20H16F2N2O3. The molecule has 0 saturated heterocycles. The molecule has 0 atom stereocenters. The Hall–Kier alpha value is -3.48. The van der Waals surface area contributed by atoms with Crippen LogP contribution in [0.2, 0.25) is 0 Å². The Balaban J connectivity index is 1.79. The molecule has 0 unspecified atom stereocenters. The van der Waals surface area contributed by atoms with Gasteiger partial charge in [-0.2, -0.15) is 13.9 Å². The van der Waals surface area contributed by atoms with Crippen molar-refractivity contribution in [3.8, 4) is 11.5 Å². The number of phenols is 1. The van der Waals surface area contributed by atoms with E-state index in [2.05, 4.69) is 15.3 Å². The van der Waals surface area contributed by atoms with Gasteiger partial charge in [-0.25, -0.2) is 5.43 Å². The Morgan fingerprint density at radius 2 is 1.78 bits per heavy atom. The molecule has 0 heterocycles. The highest BCUT2D eigenvalue weighted by atomic mass is 19.3. The topological polar surface area (TPSA) is 70.9 Å². The van der Waals surface area contributed by atoms with Crippen molar-refractivity contribution in [2.75, 3.05) is 0 Å². The number of nitrogens with one attached hydrogen (secondary N) is 1. The van der Waals surface area contributed by atoms with Crippen LogP contribution in [0.4, 0.5) is 8.78 Å². The lowest BCUT2D eigenvalue weighted by Crippen LogP contribution is -2.19. The molecule has 0 radical (unpaired) electrons. The Bertz CT molecular complexity index is 1020. The molecule has 0 bridgehead atoms. The van der Waals surface area contributed by atoms with Crippen LogP contribution in [-0.4, -0.2) is 23.3 Å². The van der Waals surface area contributed by atoms with Crippen molar-refractivity contribution < 1.29 is 23.4 Å². The average molecular weight is 370 g/mol. The fourth-order valence-electron chi connectivity index (χ4n) is 2.57. The molecule has 1 amide bonds. The molecule has 3 rings (SSSR count). The van der Waals surface area contributed by atoms with Gasteiger partial charge in [0.25, 0.3) is 5.91 Å². The molecule has 5 nitrogen and oxygen atoms in total. The molecule has 0 aliphatic heterocycles. The van der Waals surface area contributed by atoms with Gasteiger partial charge >= 0.3 is 6.61 Å². The van der Waals surface area contributed by atoms with E-state index >= 15 is 0 Å². The Labute approximate surface area is 153 Å². The van der Waals surface area contributed by atoms with Crippen molar-refractivity contribution in [2.24, 2.45) is 5.10 Å². The molecule has 7 heteroatoms. The van der Waals surface area contributed by atoms with Gasteiger partial charge in [-0.1, -0.05) is 36.4 Å². The van der Waals surface area contributed by atoms with Crippen molar-refractivity contribution in [3.05, 3.63) is 71.8 Å². The summed E-state index contributed by atoms with van der Waals surface area (Å²) in [6.07, 6.45) is 0. The number of nitrogens with zero attached hydrogens (tertiary/aromatic N) is 1. The summed E-state index contributed by atoms with van der Waals surface area (Å²) in [5, 5.41) is 15.7. The lowest BCUT2D eigenvalue weighted by molar-refractivity contribution is -0.0498. The van der Waals surface area contributed by atoms with Crippen LogP contribution < -0.4 is 10.2 Å². The number of alkyl halides is 2. The summed E-state index contributed by atoms with van der Waals surface area (Å²) in [5.41, 5.74) is 3.35. The Morgan fingerprint density at radius 1 is 1.07 bits per heavy atom. The van der Waals surface area contributed by atoms with Gasteiger partial charge in [-0.15, -0.1) is 0 Å². The van der Waals surface area contributed by atoms with E-state index < -0.39 is 12.5 Å². The Morgan fingerprint density at radius 3 is 2.48 bits per heavy atom. The maximum atomic E-state index is 12.4. The molecule has 27 heavy (non-hydrogen) atoms. The number of carbonyl (C=O) groups excluding carboxylic acids is 1. The number of ether oxygens (including phenoxy) is 1. The van der Waals surface area contributed by atoms with E-state index in [1.54, 1.807) is 25.1 Å². The van der Waals surface area contributed by atoms with Gasteiger partial charge in [0.2, 0.25) is 0 Å². The SMILES string of the molecule is C/C(=N\NC(=O)c1cc2ccccc2cc1O)c1cccc(OC(F)F)c1. The molecule has 138 valence electrons. The maximum absolute atomic E-state index is 12.4. The van der Waals surface area contributed by atoms with E-state index in [0.29, 0.717) is 11.3 Å². The molecule has 0 aromatic heterocycles. The van der Waals surface area contributed by atoms with Gasteiger partial charge in [0.15, 0.2) is 0 Å². The van der Waals surface area contributed by atoms with Crippen LogP contribution in [0.3, 0.4) is 0 Å². The average Bonchev–Trinajstić information content (AvgIpc) is 2.65. The summed E-state index contributed by atoms with van der Waals surface area (Å²) < 4.78 is 29.0. The fraction of sp³-hybridized carbons (Fsp3) is 0.100. The number of rotatable bonds is 5. The minimum Gasteiger partial charge on any atom is -0.507 e. The van der Waals surface area contributed by atoms with Crippen LogP contribution in [0.5, 0.6) is 11.5 Å². The number of phenolic OH excluding ortho intramolecular Hbond substituents is 1. The quantitative estimate of drug-likeness (QED) is 0.520. The molecule has 0 aliphatic carbocycles. The lowest BCUT2D eigenvalue weighted by atomic mass is 10.1. The third kappa shape index (κ3) is 4.38. The molecule has 0 fully saturated rings. The molecule has 0 aliphatic rings. The summed E-state index contributed by atoms with van der Waals surface area (Å²) in [7, 11) is 0. The van der Waals surface area contributed by atoms with Crippen LogP contribution >= 0.6 is 0 Å². The third-order valence-electron chi connectivity index (χ3n) is 3.91. The highest BCUT2D eigenvalue weighted by molar-refractivity contribution is 6.03. The first-order valence-electron chi connectivity index (χ1n) is 8.05. The highest BCUT2D eigenvalue weighted by Crippen LogP contribution is 2.25. The molecule has 2 N–H and O–H groups in total. The Kier molecular flexibility index (Phi) is 5.30. The number of hydrogen-bond acceptors (Lipinski definition) is 4. The van der Waals surface area contributed by atoms with E-state index in [-0.39, 0.29) is 17.1 Å². The standard InChI is InChI=1S/C20H16F2N2O3/c1-12(13-7-4-8-16(9-13)27-20(21)22)23-24-19(26)17-10-14-5-2-3-6-15(14)11-18(17)25/h2-11,20,25H,1H3,(H,24,26)/b23-12+. The molecule has 0 saturated carbocycles. The second-order valence-corrected chi connectivity index (χ2v) is 5.76. The van der Waals surface area contributed by atoms with Crippen molar-refractivity contribution in [1.29, 1.82) is 0 Å². The van der Waals surface area contributed by atoms with Crippen LogP contribution in [-0.2, 0) is 0 Å². The number of hydrogen-bond donors (Lipinski definition) is 2. The summed E-state index contributed by atoms with van der Waals surface area (Å²) in [4.78, 5) is 12.4. The highest BCUT2D eigenvalue weighted by Gasteiger charge is 2.12. The fourth-order valence-corrected chi connectivity index (χ4v) is 2.57. The first-order valence-corrected chi connectivity index (χ1v) is 8.05. The van der Waals surface area contributed by atoms with Gasteiger partial charge < -0.3 is 9.84 Å². The molecule has 0 spiro atoms. The van der Waals surface area contributed by atoms with Gasteiger partial charge in [-0.3, -0.25) is 4.79 Å². The molecule has 3 aromatic carbocycles. The van der Waals surface area contributed by atoms with Crippen molar-refractivity contribution in [3.63, 3.8) is 0 Å². The second-order valence-electron chi connectivity index (χ2n) is 5.76. The minimum absolute atomic E-state index is 0.00412. The van der Waals surface area contributed by atoms with E-state index in [9.17, 15) is 18.7 Å². The van der Waals surface area contributed by atoms with Crippen LogP contribution in [0, 0.1) is 0 Å². The first kappa shape index (κ1) is 18.3. The van der Waals surface area contributed by atoms with Crippen LogP contribution in [0.25, 0.3) is 10.8 Å². The van der Waals surface area contributed by atoms with E-state index in [1.165, 1.54) is 18.2 Å². The number of aromatic hydroxyl groups is 1. The second kappa shape index (κ2) is 7.82. The zero-order valence-corrected chi connectivity index (χ0v) is 14.3. The zero-order chi connectivity index (χ0) is 19.4. The minimum atomic E-state index is -2.92. The number of hydrazone groups is 1. The van der Waals surface area contributed by atoms with E-state index in [4.69, 9.17) is 0 Å². The summed E-state index contributed by atoms with van der Waals surface area (Å²) in [6, 6.07) is 16.4. The van der Waals surface area contributed by atoms with E-state index in [0.717, 1.165) is 10.8 Å². The summed E-state index contributed by atoms with van der Waals surface area (Å²) in [6.45, 7) is -1.31. The molecule has 3 aromatic rings. The summed E-state index contributed by atoms with van der Waals surface area (Å²) in [5.74, 6) is -0.750. The smallest absolute Gasteiger partial charge is 0.387 e. The van der Waals surface area contributed by atoms with Crippen LogP contribution in [0.15, 0.2) is 65.8 Å². The molecular weight excluding hydrogens is 354 g/mol. The lowest BCUT2D eigenvalue weighted by Gasteiger charge is -2.08. The predicted molar refractivity (Wildman–Crippen MR) is 98.4 cm³/mol. The largest absolute Gasteiger partial charge is 0.507 e. The number of benzene rings is 3.